The van der Waals surface area contributed by atoms with Gasteiger partial charge in [-0.15, -0.1) is 0 Å². The van der Waals surface area contributed by atoms with Gasteiger partial charge in [-0.1, -0.05) is 65.3 Å². The molecule has 0 aromatic heterocycles. The molecule has 0 aromatic carbocycles. The van der Waals surface area contributed by atoms with Gasteiger partial charge in [-0.25, -0.2) is 0 Å². The van der Waals surface area contributed by atoms with Crippen LogP contribution in [-0.4, -0.2) is 0 Å². The summed E-state index contributed by atoms with van der Waals surface area (Å²) in [6.45, 7) is 15.0. The number of rotatable bonds is 4. The van der Waals surface area contributed by atoms with Crippen molar-refractivity contribution in [2.75, 3.05) is 0 Å². The maximum Gasteiger partial charge on any atom is -0.00853 e. The van der Waals surface area contributed by atoms with E-state index in [-0.39, 0.29) is 0 Å². The van der Waals surface area contributed by atoms with Crippen LogP contribution in [0.3, 0.4) is 0 Å². The lowest BCUT2D eigenvalue weighted by atomic mass is 9.46. The molecule has 0 spiro atoms. The first-order chi connectivity index (χ1) is 13.3. The van der Waals surface area contributed by atoms with E-state index in [2.05, 4.69) is 59.8 Å². The standard InChI is InChI=1S/C28H46/c1-19(2)20(3)10-11-21(4)24-14-15-25-23-13-12-22-9-7-8-17-27(22,5)26(23)16-18-28(24,25)6/h9-11,19-21,23-26H,7-8,12-18H2,1-6H3/t20-,21+,23-,24+,25-,26-,27-,28+/m0/s1. The molecule has 0 amide bonds. The minimum atomic E-state index is 0.554. The Morgan fingerprint density at radius 1 is 0.929 bits per heavy atom. The Labute approximate surface area is 175 Å². The van der Waals surface area contributed by atoms with Crippen LogP contribution in [0.4, 0.5) is 0 Å². The molecule has 4 aliphatic carbocycles. The number of hydrogen-bond donors (Lipinski definition) is 0. The molecule has 0 unspecified atom stereocenters. The first kappa shape index (κ1) is 20.7. The van der Waals surface area contributed by atoms with Crippen molar-refractivity contribution in [2.45, 2.75) is 99.3 Å². The predicted octanol–water partition coefficient (Wildman–Crippen LogP) is 8.44. The van der Waals surface area contributed by atoms with E-state index in [1.165, 1.54) is 57.8 Å². The number of hydrogen-bond acceptors (Lipinski definition) is 0. The summed E-state index contributed by atoms with van der Waals surface area (Å²) in [6, 6.07) is 0. The largest absolute Gasteiger partial charge is 0.0852 e. The fourth-order valence-electron chi connectivity index (χ4n) is 8.36. The van der Waals surface area contributed by atoms with Crippen molar-refractivity contribution in [3.63, 3.8) is 0 Å². The summed E-state index contributed by atoms with van der Waals surface area (Å²) in [4.78, 5) is 0. The highest BCUT2D eigenvalue weighted by Gasteiger charge is 2.58. The Balaban J connectivity index is 1.52. The van der Waals surface area contributed by atoms with E-state index in [1.807, 2.05) is 5.57 Å². The second kappa shape index (κ2) is 7.63. The van der Waals surface area contributed by atoms with Crippen molar-refractivity contribution in [1.29, 1.82) is 0 Å². The minimum absolute atomic E-state index is 0.554. The van der Waals surface area contributed by atoms with Crippen LogP contribution in [0.25, 0.3) is 0 Å². The Morgan fingerprint density at radius 3 is 2.46 bits per heavy atom. The lowest BCUT2D eigenvalue weighted by Crippen LogP contribution is -2.50. The highest BCUT2D eigenvalue weighted by molar-refractivity contribution is 5.24. The first-order valence-electron chi connectivity index (χ1n) is 12.6. The second-order valence-corrected chi connectivity index (χ2v) is 12.0. The molecule has 8 atom stereocenters. The monoisotopic (exact) mass is 382 g/mol. The normalized spacial score (nSPS) is 45.3. The first-order valence-corrected chi connectivity index (χ1v) is 12.6. The average molecular weight is 383 g/mol. The molecule has 0 aliphatic heterocycles. The van der Waals surface area contributed by atoms with Crippen LogP contribution in [0.15, 0.2) is 23.8 Å². The van der Waals surface area contributed by atoms with Gasteiger partial charge in [-0.2, -0.15) is 0 Å². The van der Waals surface area contributed by atoms with Crippen LogP contribution < -0.4 is 0 Å². The van der Waals surface area contributed by atoms with Crippen molar-refractivity contribution in [3.8, 4) is 0 Å². The molecule has 0 bridgehead atoms. The van der Waals surface area contributed by atoms with E-state index in [4.69, 9.17) is 0 Å². The molecule has 0 nitrogen and oxygen atoms in total. The van der Waals surface area contributed by atoms with E-state index in [0.29, 0.717) is 16.7 Å². The Hall–Kier alpha value is -0.520. The second-order valence-electron chi connectivity index (χ2n) is 12.0. The zero-order valence-electron chi connectivity index (χ0n) is 19.6. The molecular formula is C28H46. The molecule has 3 fully saturated rings. The van der Waals surface area contributed by atoms with Crippen LogP contribution in [0.2, 0.25) is 0 Å². The molecular weight excluding hydrogens is 336 g/mol. The van der Waals surface area contributed by atoms with Gasteiger partial charge in [0, 0.05) is 0 Å². The molecule has 4 aliphatic rings. The van der Waals surface area contributed by atoms with E-state index in [9.17, 15) is 0 Å². The zero-order chi connectivity index (χ0) is 20.1. The lowest BCUT2D eigenvalue weighted by Gasteiger charge is -2.58. The van der Waals surface area contributed by atoms with Gasteiger partial charge in [0.2, 0.25) is 0 Å². The fourth-order valence-corrected chi connectivity index (χ4v) is 8.36. The molecule has 28 heavy (non-hydrogen) atoms. The van der Waals surface area contributed by atoms with Crippen molar-refractivity contribution >= 4 is 0 Å². The Bertz CT molecular complexity index is 624. The quantitative estimate of drug-likeness (QED) is 0.428. The van der Waals surface area contributed by atoms with Crippen molar-refractivity contribution < 1.29 is 0 Å². The molecule has 158 valence electrons. The summed E-state index contributed by atoms with van der Waals surface area (Å²) in [7, 11) is 0. The summed E-state index contributed by atoms with van der Waals surface area (Å²) >= 11 is 0. The molecule has 0 radical (unpaired) electrons. The van der Waals surface area contributed by atoms with E-state index in [1.54, 1.807) is 0 Å². The van der Waals surface area contributed by atoms with E-state index >= 15 is 0 Å². The predicted molar refractivity (Wildman–Crippen MR) is 122 cm³/mol. The summed E-state index contributed by atoms with van der Waals surface area (Å²) < 4.78 is 0. The van der Waals surface area contributed by atoms with Gasteiger partial charge in [0.05, 0.1) is 0 Å². The maximum absolute atomic E-state index is 2.70. The molecule has 0 N–H and O–H groups in total. The minimum Gasteiger partial charge on any atom is -0.0852 e. The van der Waals surface area contributed by atoms with E-state index < -0.39 is 0 Å². The van der Waals surface area contributed by atoms with Crippen LogP contribution in [0.1, 0.15) is 99.3 Å². The van der Waals surface area contributed by atoms with E-state index in [0.717, 1.165) is 35.5 Å². The third kappa shape index (κ3) is 3.26. The maximum atomic E-state index is 2.70. The van der Waals surface area contributed by atoms with Crippen molar-refractivity contribution in [1.82, 2.24) is 0 Å². The van der Waals surface area contributed by atoms with Gasteiger partial charge < -0.3 is 0 Å². The van der Waals surface area contributed by atoms with Crippen LogP contribution in [-0.2, 0) is 0 Å². The summed E-state index contributed by atoms with van der Waals surface area (Å²) in [5.41, 5.74) is 3.01. The third-order valence-corrected chi connectivity index (χ3v) is 10.5. The molecule has 0 heteroatoms. The molecule has 0 heterocycles. The van der Waals surface area contributed by atoms with Gasteiger partial charge in [0.25, 0.3) is 0 Å². The summed E-state index contributed by atoms with van der Waals surface area (Å²) in [5.74, 6) is 6.10. The van der Waals surface area contributed by atoms with Crippen LogP contribution in [0, 0.1) is 52.3 Å². The SMILES string of the molecule is CC(C)[C@@H](C)C=C[C@@H](C)[C@H]1CC[C@H]2[C@@H]3CCC4=CCCC[C@]4(C)[C@H]3CC[C@]12C. The molecule has 4 rings (SSSR count). The zero-order valence-corrected chi connectivity index (χ0v) is 19.6. The van der Waals surface area contributed by atoms with Gasteiger partial charge >= 0.3 is 0 Å². The van der Waals surface area contributed by atoms with Crippen LogP contribution in [0.5, 0.6) is 0 Å². The van der Waals surface area contributed by atoms with Gasteiger partial charge in [-0.05, 0) is 110 Å². The third-order valence-electron chi connectivity index (χ3n) is 10.5. The number of allylic oxidation sites excluding steroid dienone is 4. The molecule has 0 saturated heterocycles. The average Bonchev–Trinajstić information content (AvgIpc) is 3.02. The Morgan fingerprint density at radius 2 is 1.71 bits per heavy atom. The van der Waals surface area contributed by atoms with Gasteiger partial charge in [-0.3, -0.25) is 0 Å². The highest BCUT2D eigenvalue weighted by atomic mass is 14.6. The molecule has 0 aromatic rings. The Kier molecular flexibility index (Phi) is 5.65. The number of fused-ring (bicyclic) bond motifs is 5. The molecule has 3 saturated carbocycles. The summed E-state index contributed by atoms with van der Waals surface area (Å²) in [6.07, 6.45) is 20.9. The fraction of sp³-hybridized carbons (Fsp3) is 0.857. The van der Waals surface area contributed by atoms with Crippen molar-refractivity contribution in [3.05, 3.63) is 23.8 Å². The van der Waals surface area contributed by atoms with Gasteiger partial charge in [0.15, 0.2) is 0 Å². The topological polar surface area (TPSA) is 0 Å². The van der Waals surface area contributed by atoms with Crippen molar-refractivity contribution in [2.24, 2.45) is 52.3 Å². The summed E-state index contributed by atoms with van der Waals surface area (Å²) in [5, 5.41) is 0. The lowest BCUT2D eigenvalue weighted by molar-refractivity contribution is -0.0558. The van der Waals surface area contributed by atoms with Gasteiger partial charge in [0.1, 0.15) is 0 Å². The smallest absolute Gasteiger partial charge is 0.00853 e. The van der Waals surface area contributed by atoms with Crippen LogP contribution >= 0.6 is 0 Å². The highest BCUT2D eigenvalue weighted by Crippen LogP contribution is 2.67.